The number of aliphatic imine (C=N–C) groups is 2. The Balaban J connectivity index is 1.80. The van der Waals surface area contributed by atoms with E-state index in [4.69, 9.17) is 9.73 Å². The van der Waals surface area contributed by atoms with Gasteiger partial charge in [-0.25, -0.2) is 4.99 Å². The highest BCUT2D eigenvalue weighted by Gasteiger charge is 2.19. The normalized spacial score (nSPS) is 19.9. The standard InChI is InChI=1S/C13H14BrN3OS/c14-11-3-1-10(2-4-11)12-15-9-19-13(16-12)17-5-7-18-8-6-17/h1-4H,5-9H2. The van der Waals surface area contributed by atoms with Crippen molar-refractivity contribution in [1.82, 2.24) is 4.90 Å². The van der Waals surface area contributed by atoms with E-state index in [0.717, 1.165) is 53.2 Å². The Bertz CT molecular complexity index is 509. The van der Waals surface area contributed by atoms with E-state index in [9.17, 15) is 0 Å². The molecule has 1 aromatic rings. The van der Waals surface area contributed by atoms with Gasteiger partial charge in [0.15, 0.2) is 11.0 Å². The second-order valence-electron chi connectivity index (χ2n) is 4.26. The monoisotopic (exact) mass is 339 g/mol. The molecule has 1 saturated heterocycles. The lowest BCUT2D eigenvalue weighted by atomic mass is 10.2. The fraction of sp³-hybridized carbons (Fsp3) is 0.385. The maximum atomic E-state index is 5.37. The molecule has 0 unspecified atom stereocenters. The van der Waals surface area contributed by atoms with Crippen LogP contribution < -0.4 is 0 Å². The number of rotatable bonds is 1. The van der Waals surface area contributed by atoms with E-state index >= 15 is 0 Å². The molecular weight excluding hydrogens is 326 g/mol. The Hall–Kier alpha value is -0.850. The van der Waals surface area contributed by atoms with Gasteiger partial charge in [0, 0.05) is 23.1 Å². The molecule has 3 rings (SSSR count). The summed E-state index contributed by atoms with van der Waals surface area (Å²) < 4.78 is 6.44. The van der Waals surface area contributed by atoms with Gasteiger partial charge in [-0.1, -0.05) is 39.8 Å². The first-order valence-electron chi connectivity index (χ1n) is 6.17. The number of halogens is 1. The first kappa shape index (κ1) is 13.1. The Morgan fingerprint density at radius 2 is 1.89 bits per heavy atom. The molecule has 0 spiro atoms. The number of benzene rings is 1. The average molecular weight is 340 g/mol. The summed E-state index contributed by atoms with van der Waals surface area (Å²) in [6.45, 7) is 3.40. The van der Waals surface area contributed by atoms with Crippen LogP contribution in [0.25, 0.3) is 0 Å². The quantitative estimate of drug-likeness (QED) is 0.789. The van der Waals surface area contributed by atoms with Gasteiger partial charge < -0.3 is 9.64 Å². The zero-order chi connectivity index (χ0) is 13.1. The largest absolute Gasteiger partial charge is 0.378 e. The fourth-order valence-electron chi connectivity index (χ4n) is 1.98. The fourth-order valence-corrected chi connectivity index (χ4v) is 3.06. The molecule has 0 N–H and O–H groups in total. The number of hydrogen-bond acceptors (Lipinski definition) is 5. The number of hydrogen-bond donors (Lipinski definition) is 0. The first-order chi connectivity index (χ1) is 9.33. The van der Waals surface area contributed by atoms with E-state index in [1.165, 1.54) is 0 Å². The van der Waals surface area contributed by atoms with E-state index in [-0.39, 0.29) is 0 Å². The summed E-state index contributed by atoms with van der Waals surface area (Å²) in [6, 6.07) is 8.12. The molecule has 19 heavy (non-hydrogen) atoms. The number of ether oxygens (including phenoxy) is 1. The second kappa shape index (κ2) is 6.07. The van der Waals surface area contributed by atoms with Crippen LogP contribution in [0.1, 0.15) is 5.56 Å². The lowest BCUT2D eigenvalue weighted by Crippen LogP contribution is -2.40. The zero-order valence-electron chi connectivity index (χ0n) is 10.4. The van der Waals surface area contributed by atoms with E-state index in [1.54, 1.807) is 11.8 Å². The van der Waals surface area contributed by atoms with Crippen molar-refractivity contribution in [2.45, 2.75) is 0 Å². The van der Waals surface area contributed by atoms with Crippen LogP contribution in [0, 0.1) is 0 Å². The van der Waals surface area contributed by atoms with Crippen molar-refractivity contribution in [1.29, 1.82) is 0 Å². The molecule has 1 fully saturated rings. The van der Waals surface area contributed by atoms with Crippen molar-refractivity contribution >= 4 is 38.7 Å². The van der Waals surface area contributed by atoms with Gasteiger partial charge >= 0.3 is 0 Å². The Morgan fingerprint density at radius 3 is 2.63 bits per heavy atom. The minimum absolute atomic E-state index is 0.738. The number of nitrogens with zero attached hydrogens (tertiary/aromatic N) is 3. The maximum absolute atomic E-state index is 5.37. The number of morpholine rings is 1. The minimum atomic E-state index is 0.738. The predicted octanol–water partition coefficient (Wildman–Crippen LogP) is 2.59. The third-order valence-corrected chi connectivity index (χ3v) is 4.39. The first-order valence-corrected chi connectivity index (χ1v) is 7.95. The lowest BCUT2D eigenvalue weighted by Gasteiger charge is -2.30. The van der Waals surface area contributed by atoms with Crippen LogP contribution in [0.5, 0.6) is 0 Å². The van der Waals surface area contributed by atoms with Crippen molar-refractivity contribution < 1.29 is 4.74 Å². The van der Waals surface area contributed by atoms with E-state index in [0.29, 0.717) is 0 Å². The Kier molecular flexibility index (Phi) is 4.20. The second-order valence-corrected chi connectivity index (χ2v) is 6.08. The molecule has 2 aliphatic heterocycles. The van der Waals surface area contributed by atoms with E-state index in [2.05, 4.69) is 25.8 Å². The highest BCUT2D eigenvalue weighted by Crippen LogP contribution is 2.19. The van der Waals surface area contributed by atoms with Crippen LogP contribution >= 0.6 is 27.7 Å². The molecule has 0 bridgehead atoms. The minimum Gasteiger partial charge on any atom is -0.378 e. The van der Waals surface area contributed by atoms with Crippen LogP contribution in [0.15, 0.2) is 38.7 Å². The Labute approximate surface area is 125 Å². The lowest BCUT2D eigenvalue weighted by molar-refractivity contribution is 0.0694. The van der Waals surface area contributed by atoms with Crippen LogP contribution in [0.3, 0.4) is 0 Å². The van der Waals surface area contributed by atoms with Crippen LogP contribution in [0.2, 0.25) is 0 Å². The number of amidine groups is 2. The third-order valence-electron chi connectivity index (χ3n) is 2.99. The molecule has 6 heteroatoms. The zero-order valence-corrected chi connectivity index (χ0v) is 12.8. The number of thioether (sulfide) groups is 1. The smallest absolute Gasteiger partial charge is 0.168 e. The predicted molar refractivity (Wildman–Crippen MR) is 83.0 cm³/mol. The highest BCUT2D eigenvalue weighted by atomic mass is 79.9. The van der Waals surface area contributed by atoms with E-state index < -0.39 is 0 Å². The van der Waals surface area contributed by atoms with Gasteiger partial charge in [-0.05, 0) is 12.1 Å². The topological polar surface area (TPSA) is 37.2 Å². The molecule has 0 radical (unpaired) electrons. The summed E-state index contributed by atoms with van der Waals surface area (Å²) >= 11 is 5.14. The molecule has 100 valence electrons. The van der Waals surface area contributed by atoms with Crippen LogP contribution in [0.4, 0.5) is 0 Å². The molecule has 0 aliphatic carbocycles. The molecule has 2 aliphatic rings. The summed E-state index contributed by atoms with van der Waals surface area (Å²) in [5, 5.41) is 1.07. The molecule has 0 saturated carbocycles. The average Bonchev–Trinajstić information content (AvgIpc) is 2.49. The van der Waals surface area contributed by atoms with Crippen molar-refractivity contribution in [3.63, 3.8) is 0 Å². The Morgan fingerprint density at radius 1 is 1.16 bits per heavy atom. The van der Waals surface area contributed by atoms with E-state index in [1.807, 2.05) is 24.3 Å². The SMILES string of the molecule is Brc1ccc(C2=NCSC(N3CCOCC3)=N2)cc1. The van der Waals surface area contributed by atoms with Crippen molar-refractivity contribution in [3.8, 4) is 0 Å². The highest BCUT2D eigenvalue weighted by molar-refractivity contribution is 9.10. The summed E-state index contributed by atoms with van der Waals surface area (Å²) in [5.41, 5.74) is 1.06. The molecule has 0 aromatic heterocycles. The van der Waals surface area contributed by atoms with Gasteiger partial charge in [0.25, 0.3) is 0 Å². The van der Waals surface area contributed by atoms with Gasteiger partial charge in [0.05, 0.1) is 19.1 Å². The molecule has 1 aromatic carbocycles. The van der Waals surface area contributed by atoms with Crippen molar-refractivity contribution in [2.75, 3.05) is 32.2 Å². The van der Waals surface area contributed by atoms with Crippen molar-refractivity contribution in [2.24, 2.45) is 9.98 Å². The summed E-state index contributed by atoms with van der Waals surface area (Å²) in [5.74, 6) is 1.56. The third kappa shape index (κ3) is 3.19. The van der Waals surface area contributed by atoms with Crippen LogP contribution in [-0.2, 0) is 4.74 Å². The van der Waals surface area contributed by atoms with Gasteiger partial charge in [-0.2, -0.15) is 0 Å². The van der Waals surface area contributed by atoms with Gasteiger partial charge in [0.2, 0.25) is 0 Å². The van der Waals surface area contributed by atoms with Gasteiger partial charge in [-0.3, -0.25) is 4.99 Å². The maximum Gasteiger partial charge on any atom is 0.168 e. The molecule has 0 amide bonds. The summed E-state index contributed by atoms with van der Waals surface area (Å²) in [6.07, 6.45) is 0. The summed E-state index contributed by atoms with van der Waals surface area (Å²) in [7, 11) is 0. The molecule has 4 nitrogen and oxygen atoms in total. The van der Waals surface area contributed by atoms with Gasteiger partial charge in [-0.15, -0.1) is 0 Å². The van der Waals surface area contributed by atoms with Crippen molar-refractivity contribution in [3.05, 3.63) is 34.3 Å². The summed E-state index contributed by atoms with van der Waals surface area (Å²) in [4.78, 5) is 11.5. The molecular formula is C13H14BrN3OS. The van der Waals surface area contributed by atoms with Gasteiger partial charge in [0.1, 0.15) is 0 Å². The molecule has 2 heterocycles. The van der Waals surface area contributed by atoms with Crippen LogP contribution in [-0.4, -0.2) is 48.1 Å². The molecule has 0 atom stereocenters.